The maximum Gasteiger partial charge on any atom is 0.134 e. The Hall–Kier alpha value is -0.770. The third-order valence-corrected chi connectivity index (χ3v) is 3.99. The second-order valence-electron chi connectivity index (χ2n) is 5.30. The molecule has 1 aliphatic rings. The van der Waals surface area contributed by atoms with Crippen molar-refractivity contribution in [2.24, 2.45) is 5.92 Å². The molecule has 1 heterocycles. The number of phenolic OH excluding ortho intramolecular Hbond substituents is 1. The number of halogens is 1. The number of rotatable bonds is 3. The monoisotopic (exact) mass is 268 g/mol. The van der Waals surface area contributed by atoms with E-state index < -0.39 is 0 Å². The molecule has 1 aliphatic heterocycles. The van der Waals surface area contributed by atoms with Gasteiger partial charge in [0.2, 0.25) is 0 Å². The third kappa shape index (κ3) is 3.37. The number of nitrogens with one attached hydrogen (secondary N) is 1. The first-order valence-corrected chi connectivity index (χ1v) is 6.83. The van der Waals surface area contributed by atoms with Crippen molar-refractivity contribution in [3.63, 3.8) is 0 Å². The van der Waals surface area contributed by atoms with Crippen LogP contribution in [0, 0.1) is 5.92 Å². The van der Waals surface area contributed by atoms with Crippen LogP contribution in [0.1, 0.15) is 18.9 Å². The predicted octanol–water partition coefficient (Wildman–Crippen LogP) is 2.48. The van der Waals surface area contributed by atoms with E-state index in [1.54, 1.807) is 6.07 Å². The summed E-state index contributed by atoms with van der Waals surface area (Å²) >= 11 is 5.90. The van der Waals surface area contributed by atoms with Crippen LogP contribution in [0.2, 0.25) is 5.02 Å². The molecule has 0 radical (unpaired) electrons. The molecule has 4 heteroatoms. The van der Waals surface area contributed by atoms with Gasteiger partial charge in [0.15, 0.2) is 0 Å². The quantitative estimate of drug-likeness (QED) is 0.884. The van der Waals surface area contributed by atoms with Crippen molar-refractivity contribution < 1.29 is 5.11 Å². The zero-order valence-corrected chi connectivity index (χ0v) is 11.7. The summed E-state index contributed by atoms with van der Waals surface area (Å²) in [5.74, 6) is 0.810. The molecular weight excluding hydrogens is 248 g/mol. The van der Waals surface area contributed by atoms with Gasteiger partial charge in [0, 0.05) is 19.1 Å². The lowest BCUT2D eigenvalue weighted by Gasteiger charge is -2.35. The minimum atomic E-state index is 0.146. The fraction of sp³-hybridized carbons (Fsp3) is 0.571. The topological polar surface area (TPSA) is 35.5 Å². The maximum absolute atomic E-state index is 9.37. The molecule has 1 saturated heterocycles. The number of benzene rings is 1. The van der Waals surface area contributed by atoms with Crippen LogP contribution in [-0.2, 0) is 6.54 Å². The average molecular weight is 269 g/mol. The van der Waals surface area contributed by atoms with E-state index in [4.69, 9.17) is 11.6 Å². The first-order valence-electron chi connectivity index (χ1n) is 6.45. The smallest absolute Gasteiger partial charge is 0.134 e. The van der Waals surface area contributed by atoms with Crippen LogP contribution in [-0.4, -0.2) is 36.2 Å². The Morgan fingerprint density at radius 2 is 2.28 bits per heavy atom. The van der Waals surface area contributed by atoms with Gasteiger partial charge < -0.3 is 15.3 Å². The summed E-state index contributed by atoms with van der Waals surface area (Å²) in [6.45, 7) is 5.39. The fourth-order valence-electron chi connectivity index (χ4n) is 2.57. The van der Waals surface area contributed by atoms with Crippen LogP contribution < -0.4 is 5.32 Å². The Labute approximate surface area is 114 Å². The molecule has 1 aromatic rings. The molecule has 2 rings (SSSR count). The molecule has 2 atom stereocenters. The number of piperidine rings is 1. The second-order valence-corrected chi connectivity index (χ2v) is 5.71. The van der Waals surface area contributed by atoms with Crippen LogP contribution in [0.15, 0.2) is 18.2 Å². The molecule has 2 unspecified atom stereocenters. The highest BCUT2D eigenvalue weighted by Crippen LogP contribution is 2.24. The van der Waals surface area contributed by atoms with Crippen molar-refractivity contribution in [2.75, 3.05) is 20.1 Å². The molecule has 3 nitrogen and oxygen atoms in total. The number of nitrogens with zero attached hydrogens (tertiary/aromatic N) is 1. The molecule has 18 heavy (non-hydrogen) atoms. The van der Waals surface area contributed by atoms with Gasteiger partial charge in [-0.1, -0.05) is 24.6 Å². The highest BCUT2D eigenvalue weighted by molar-refractivity contribution is 6.32. The zero-order valence-electron chi connectivity index (χ0n) is 11.0. The minimum Gasteiger partial charge on any atom is -0.506 e. The van der Waals surface area contributed by atoms with Crippen LogP contribution in [0.25, 0.3) is 0 Å². The van der Waals surface area contributed by atoms with Gasteiger partial charge in [0.25, 0.3) is 0 Å². The Balaban J connectivity index is 1.89. The summed E-state index contributed by atoms with van der Waals surface area (Å²) in [4.78, 5) is 2.38. The molecule has 0 aliphatic carbocycles. The summed E-state index contributed by atoms with van der Waals surface area (Å²) in [5, 5.41) is 13.4. The Kier molecular flexibility index (Phi) is 4.49. The van der Waals surface area contributed by atoms with Crippen molar-refractivity contribution in [1.29, 1.82) is 0 Å². The van der Waals surface area contributed by atoms with Gasteiger partial charge in [-0.15, -0.1) is 0 Å². The van der Waals surface area contributed by atoms with Crippen LogP contribution in [0.3, 0.4) is 0 Å². The molecule has 1 aromatic carbocycles. The Morgan fingerprint density at radius 1 is 1.50 bits per heavy atom. The highest BCUT2D eigenvalue weighted by atomic mass is 35.5. The van der Waals surface area contributed by atoms with Gasteiger partial charge in [0.1, 0.15) is 5.75 Å². The zero-order chi connectivity index (χ0) is 13.1. The lowest BCUT2D eigenvalue weighted by Crippen LogP contribution is -2.46. The van der Waals surface area contributed by atoms with Crippen molar-refractivity contribution in [3.05, 3.63) is 28.8 Å². The SMILES string of the molecule is CC1CN(C)CCC1NCc1ccc(O)c(Cl)c1. The molecule has 0 aromatic heterocycles. The van der Waals surface area contributed by atoms with Crippen molar-refractivity contribution in [1.82, 2.24) is 10.2 Å². The Morgan fingerprint density at radius 3 is 2.94 bits per heavy atom. The number of hydrogen-bond donors (Lipinski definition) is 2. The average Bonchev–Trinajstić information content (AvgIpc) is 2.32. The lowest BCUT2D eigenvalue weighted by atomic mass is 9.94. The lowest BCUT2D eigenvalue weighted by molar-refractivity contribution is 0.174. The van der Waals surface area contributed by atoms with E-state index in [2.05, 4.69) is 24.2 Å². The largest absolute Gasteiger partial charge is 0.506 e. The first-order chi connectivity index (χ1) is 8.56. The molecule has 0 bridgehead atoms. The van der Waals surface area contributed by atoms with E-state index in [1.165, 1.54) is 6.42 Å². The summed E-state index contributed by atoms with van der Waals surface area (Å²) in [6, 6.07) is 5.95. The Bertz CT molecular complexity index is 411. The van der Waals surface area contributed by atoms with E-state index in [1.807, 2.05) is 12.1 Å². The van der Waals surface area contributed by atoms with Gasteiger partial charge in [0.05, 0.1) is 5.02 Å². The number of likely N-dealkylation sites (tertiary alicyclic amines) is 1. The summed E-state index contributed by atoms with van der Waals surface area (Å²) < 4.78 is 0. The predicted molar refractivity (Wildman–Crippen MR) is 75.0 cm³/mol. The number of hydrogen-bond acceptors (Lipinski definition) is 3. The van der Waals surface area contributed by atoms with Crippen molar-refractivity contribution in [2.45, 2.75) is 25.9 Å². The van der Waals surface area contributed by atoms with Crippen molar-refractivity contribution >= 4 is 11.6 Å². The van der Waals surface area contributed by atoms with Crippen molar-refractivity contribution in [3.8, 4) is 5.75 Å². The summed E-state index contributed by atoms with van der Waals surface area (Å²) in [7, 11) is 2.17. The van der Waals surface area contributed by atoms with Crippen LogP contribution in [0.5, 0.6) is 5.75 Å². The van der Waals surface area contributed by atoms with E-state index in [0.29, 0.717) is 17.0 Å². The number of aromatic hydroxyl groups is 1. The molecule has 0 amide bonds. The molecule has 100 valence electrons. The van der Waals surface area contributed by atoms with Gasteiger partial charge in [-0.2, -0.15) is 0 Å². The van der Waals surface area contributed by atoms with Gasteiger partial charge in [-0.25, -0.2) is 0 Å². The fourth-order valence-corrected chi connectivity index (χ4v) is 2.77. The maximum atomic E-state index is 9.37. The normalized spacial score (nSPS) is 25.3. The van der Waals surface area contributed by atoms with E-state index >= 15 is 0 Å². The van der Waals surface area contributed by atoms with Gasteiger partial charge in [-0.05, 0) is 43.6 Å². The van der Waals surface area contributed by atoms with Crippen LogP contribution >= 0.6 is 11.6 Å². The van der Waals surface area contributed by atoms with E-state index in [0.717, 1.165) is 25.2 Å². The number of phenols is 1. The van der Waals surface area contributed by atoms with Crippen LogP contribution in [0.4, 0.5) is 0 Å². The highest BCUT2D eigenvalue weighted by Gasteiger charge is 2.23. The molecular formula is C14H21ClN2O. The van der Waals surface area contributed by atoms with E-state index in [-0.39, 0.29) is 5.75 Å². The summed E-state index contributed by atoms with van der Waals surface area (Å²) in [5.41, 5.74) is 1.11. The second kappa shape index (κ2) is 5.91. The molecule has 1 fully saturated rings. The van der Waals surface area contributed by atoms with Gasteiger partial charge >= 0.3 is 0 Å². The molecule has 0 spiro atoms. The first kappa shape index (κ1) is 13.7. The molecule has 0 saturated carbocycles. The standard InChI is InChI=1S/C14H21ClN2O/c1-10-9-17(2)6-5-13(10)16-8-11-3-4-14(18)12(15)7-11/h3-4,7,10,13,16,18H,5-6,8-9H2,1-2H3. The van der Waals surface area contributed by atoms with Gasteiger partial charge in [-0.3, -0.25) is 0 Å². The summed E-state index contributed by atoms with van der Waals surface area (Å²) in [6.07, 6.45) is 1.18. The molecule has 2 N–H and O–H groups in total. The van der Waals surface area contributed by atoms with E-state index in [9.17, 15) is 5.11 Å². The minimum absolute atomic E-state index is 0.146. The third-order valence-electron chi connectivity index (χ3n) is 3.69.